The lowest BCUT2D eigenvalue weighted by Gasteiger charge is -2.08. The molecule has 15 heavy (non-hydrogen) atoms. The van der Waals surface area contributed by atoms with Crippen LogP contribution in [0.3, 0.4) is 0 Å². The average molecular weight is 227 g/mol. The molecule has 4 nitrogen and oxygen atoms in total. The maximum Gasteiger partial charge on any atom is 0.202 e. The third-order valence-corrected chi connectivity index (χ3v) is 3.35. The number of rotatable bonds is 4. The summed E-state index contributed by atoms with van der Waals surface area (Å²) in [6, 6.07) is 4.85. The fourth-order valence-electron chi connectivity index (χ4n) is 1.14. The lowest BCUT2D eigenvalue weighted by Crippen LogP contribution is -2.01. The summed E-state index contributed by atoms with van der Waals surface area (Å²) in [5.74, 6) is 0.314. The summed E-state index contributed by atoms with van der Waals surface area (Å²) in [7, 11) is -0.333. The second kappa shape index (κ2) is 4.35. The summed E-state index contributed by atoms with van der Waals surface area (Å²) in [4.78, 5) is 0.117. The first-order valence-corrected chi connectivity index (χ1v) is 5.83. The van der Waals surface area contributed by atoms with Gasteiger partial charge < -0.3 is 10.1 Å². The van der Waals surface area contributed by atoms with Crippen molar-refractivity contribution in [2.45, 2.75) is 4.90 Å². The van der Waals surface area contributed by atoms with Gasteiger partial charge in [0.15, 0.2) is 0 Å². The minimum Gasteiger partial charge on any atom is -0.495 e. The number of sulfone groups is 1. The number of hydrogen-bond acceptors (Lipinski definition) is 4. The van der Waals surface area contributed by atoms with Crippen molar-refractivity contribution in [2.24, 2.45) is 0 Å². The number of methoxy groups -OCH3 is 1. The Bertz CT molecular complexity index is 466. The van der Waals surface area contributed by atoms with E-state index >= 15 is 0 Å². The molecule has 0 saturated heterocycles. The predicted octanol–water partition coefficient (Wildman–Crippen LogP) is 1.65. The molecule has 0 heterocycles. The minimum atomic E-state index is -3.47. The first kappa shape index (κ1) is 11.6. The third-order valence-electron chi connectivity index (χ3n) is 1.98. The summed E-state index contributed by atoms with van der Waals surface area (Å²) in [6.07, 6.45) is 0. The van der Waals surface area contributed by atoms with Crippen LogP contribution in [0.15, 0.2) is 35.1 Å². The second-order valence-corrected chi connectivity index (χ2v) is 4.69. The van der Waals surface area contributed by atoms with E-state index in [4.69, 9.17) is 4.74 Å². The van der Waals surface area contributed by atoms with Crippen molar-refractivity contribution >= 4 is 15.5 Å². The number of nitrogens with one attached hydrogen (secondary N) is 1. The molecule has 0 aliphatic rings. The van der Waals surface area contributed by atoms with Gasteiger partial charge in [0.25, 0.3) is 0 Å². The lowest BCUT2D eigenvalue weighted by molar-refractivity contribution is 0.403. The van der Waals surface area contributed by atoms with Crippen LogP contribution in [0.2, 0.25) is 0 Å². The van der Waals surface area contributed by atoms with E-state index in [1.54, 1.807) is 19.2 Å². The number of hydrogen-bond donors (Lipinski definition) is 1. The zero-order valence-electron chi connectivity index (χ0n) is 8.65. The molecule has 0 spiro atoms. The Morgan fingerprint density at radius 2 is 2.13 bits per heavy atom. The largest absolute Gasteiger partial charge is 0.495 e. The number of benzene rings is 1. The summed E-state index contributed by atoms with van der Waals surface area (Å²) >= 11 is 0. The molecule has 1 aromatic rings. The van der Waals surface area contributed by atoms with Crippen LogP contribution in [-0.4, -0.2) is 22.6 Å². The Hall–Kier alpha value is -1.49. The van der Waals surface area contributed by atoms with E-state index in [1.807, 2.05) is 0 Å². The van der Waals surface area contributed by atoms with E-state index < -0.39 is 9.84 Å². The van der Waals surface area contributed by atoms with Gasteiger partial charge in [0, 0.05) is 18.1 Å². The molecule has 0 bridgehead atoms. The molecule has 5 heteroatoms. The van der Waals surface area contributed by atoms with E-state index in [1.165, 1.54) is 13.2 Å². The van der Waals surface area contributed by atoms with Gasteiger partial charge in [0.05, 0.1) is 7.11 Å². The normalized spacial score (nSPS) is 10.8. The zero-order chi connectivity index (χ0) is 11.5. The van der Waals surface area contributed by atoms with Crippen molar-refractivity contribution in [1.82, 2.24) is 0 Å². The van der Waals surface area contributed by atoms with Crippen LogP contribution < -0.4 is 10.1 Å². The van der Waals surface area contributed by atoms with Crippen LogP contribution in [-0.2, 0) is 9.84 Å². The Morgan fingerprint density at radius 1 is 1.47 bits per heavy atom. The highest BCUT2D eigenvalue weighted by atomic mass is 32.2. The molecule has 0 unspecified atom stereocenters. The maximum absolute atomic E-state index is 11.6. The van der Waals surface area contributed by atoms with Crippen molar-refractivity contribution in [1.29, 1.82) is 0 Å². The van der Waals surface area contributed by atoms with Gasteiger partial charge in [-0.1, -0.05) is 6.58 Å². The van der Waals surface area contributed by atoms with Gasteiger partial charge in [0.2, 0.25) is 9.84 Å². The molecule has 0 aliphatic heterocycles. The molecule has 82 valence electrons. The van der Waals surface area contributed by atoms with Gasteiger partial charge in [-0.25, -0.2) is 8.42 Å². The average Bonchev–Trinajstić information content (AvgIpc) is 2.28. The zero-order valence-corrected chi connectivity index (χ0v) is 9.47. The van der Waals surface area contributed by atoms with Gasteiger partial charge in [-0.3, -0.25) is 0 Å². The van der Waals surface area contributed by atoms with Crippen LogP contribution in [0, 0.1) is 0 Å². The summed E-state index contributed by atoms with van der Waals surface area (Å²) in [5, 5.41) is 3.77. The summed E-state index contributed by atoms with van der Waals surface area (Å²) in [5.41, 5.74) is 0.705. The smallest absolute Gasteiger partial charge is 0.202 e. The third kappa shape index (κ3) is 2.30. The van der Waals surface area contributed by atoms with Crippen LogP contribution >= 0.6 is 0 Å². The first-order chi connectivity index (χ1) is 7.05. The highest BCUT2D eigenvalue weighted by Gasteiger charge is 2.16. The van der Waals surface area contributed by atoms with Gasteiger partial charge in [-0.05, 0) is 18.2 Å². The quantitative estimate of drug-likeness (QED) is 0.849. The van der Waals surface area contributed by atoms with Gasteiger partial charge in [0.1, 0.15) is 10.6 Å². The van der Waals surface area contributed by atoms with E-state index in [0.717, 1.165) is 5.41 Å². The molecule has 0 fully saturated rings. The number of ether oxygens (including phenoxy) is 1. The lowest BCUT2D eigenvalue weighted by atomic mass is 10.3. The Morgan fingerprint density at radius 3 is 2.60 bits per heavy atom. The van der Waals surface area contributed by atoms with Crippen molar-refractivity contribution < 1.29 is 13.2 Å². The van der Waals surface area contributed by atoms with E-state index in [-0.39, 0.29) is 4.90 Å². The van der Waals surface area contributed by atoms with Gasteiger partial charge in [-0.15, -0.1) is 0 Å². The molecule has 0 saturated carbocycles. The Kier molecular flexibility index (Phi) is 3.36. The highest BCUT2D eigenvalue weighted by Crippen LogP contribution is 2.27. The molecule has 0 aromatic heterocycles. The maximum atomic E-state index is 11.6. The standard InChI is InChI=1S/C10H13NO3S/c1-4-15(12,13)10-7-8(11-2)5-6-9(10)14-3/h4-7,11H,1H2,2-3H3. The van der Waals surface area contributed by atoms with E-state index in [0.29, 0.717) is 11.4 Å². The number of anilines is 1. The molecular formula is C10H13NO3S. The molecule has 0 atom stereocenters. The van der Waals surface area contributed by atoms with Crippen molar-refractivity contribution in [3.05, 3.63) is 30.2 Å². The second-order valence-electron chi connectivity index (χ2n) is 2.83. The SMILES string of the molecule is C=CS(=O)(=O)c1cc(NC)ccc1OC. The van der Waals surface area contributed by atoms with Crippen molar-refractivity contribution in [2.75, 3.05) is 19.5 Å². The summed E-state index contributed by atoms with van der Waals surface area (Å²) < 4.78 is 28.2. The predicted molar refractivity (Wildman–Crippen MR) is 59.9 cm³/mol. The minimum absolute atomic E-state index is 0.117. The van der Waals surface area contributed by atoms with Gasteiger partial charge >= 0.3 is 0 Å². The Labute approximate surface area is 89.5 Å². The molecule has 0 radical (unpaired) electrons. The molecular weight excluding hydrogens is 214 g/mol. The molecule has 1 aromatic carbocycles. The van der Waals surface area contributed by atoms with Crippen LogP contribution in [0.1, 0.15) is 0 Å². The Balaban J connectivity index is 3.43. The van der Waals surface area contributed by atoms with E-state index in [2.05, 4.69) is 11.9 Å². The van der Waals surface area contributed by atoms with Crippen LogP contribution in [0.5, 0.6) is 5.75 Å². The van der Waals surface area contributed by atoms with Crippen molar-refractivity contribution in [3.63, 3.8) is 0 Å². The fourth-order valence-corrected chi connectivity index (χ4v) is 2.05. The molecule has 1 rings (SSSR count). The summed E-state index contributed by atoms with van der Waals surface area (Å²) in [6.45, 7) is 3.28. The molecule has 0 aliphatic carbocycles. The van der Waals surface area contributed by atoms with Crippen LogP contribution in [0.25, 0.3) is 0 Å². The first-order valence-electron chi connectivity index (χ1n) is 4.28. The van der Waals surface area contributed by atoms with Gasteiger partial charge in [-0.2, -0.15) is 0 Å². The van der Waals surface area contributed by atoms with Crippen molar-refractivity contribution in [3.8, 4) is 5.75 Å². The highest BCUT2D eigenvalue weighted by molar-refractivity contribution is 7.94. The van der Waals surface area contributed by atoms with E-state index in [9.17, 15) is 8.42 Å². The van der Waals surface area contributed by atoms with Crippen LogP contribution in [0.4, 0.5) is 5.69 Å². The monoisotopic (exact) mass is 227 g/mol. The topological polar surface area (TPSA) is 55.4 Å². The fraction of sp³-hybridized carbons (Fsp3) is 0.200. The molecule has 0 amide bonds. The molecule has 1 N–H and O–H groups in total.